The highest BCUT2D eigenvalue weighted by Gasteiger charge is 2.14. The molecule has 1 unspecified atom stereocenters. The number of carbonyl (C=O) groups excluding carboxylic acids is 1. The number of benzene rings is 1. The number of rotatable bonds is 3. The predicted octanol–water partition coefficient (Wildman–Crippen LogP) is 3.61. The van der Waals surface area contributed by atoms with Crippen LogP contribution in [0, 0.1) is 0 Å². The molecule has 0 radical (unpaired) electrons. The van der Waals surface area contributed by atoms with Crippen molar-refractivity contribution in [2.24, 2.45) is 0 Å². The number of Topliss-reactive ketones (excluding diaryl/α,β-unsaturated/α-hetero) is 1. The summed E-state index contributed by atoms with van der Waals surface area (Å²) >= 11 is 10.4. The third kappa shape index (κ3) is 3.01. The largest absolute Gasteiger partial charge is 0.292 e. The number of hydrogen-bond acceptors (Lipinski definition) is 2. The smallest absolute Gasteiger partial charge is 0.186 e. The van der Waals surface area contributed by atoms with Crippen LogP contribution in [-0.4, -0.2) is 16.2 Å². The fourth-order valence-electron chi connectivity index (χ4n) is 0.852. The van der Waals surface area contributed by atoms with Crippen molar-refractivity contribution in [1.29, 1.82) is 0 Å². The molecule has 1 atom stereocenters. The lowest BCUT2D eigenvalue weighted by molar-refractivity contribution is 0.101. The maximum Gasteiger partial charge on any atom is 0.186 e. The van der Waals surface area contributed by atoms with E-state index in [2.05, 4.69) is 15.9 Å². The van der Waals surface area contributed by atoms with Gasteiger partial charge in [0.2, 0.25) is 0 Å². The highest BCUT2D eigenvalue weighted by molar-refractivity contribution is 9.11. The molecule has 0 aliphatic heterocycles. The average Bonchev–Trinajstić information content (AvgIpc) is 2.17. The number of hydrogen-bond donors (Lipinski definition) is 0. The molecule has 1 aromatic rings. The molecule has 0 spiro atoms. The second-order valence-corrected chi connectivity index (χ2v) is 5.32. The third-order valence-corrected chi connectivity index (χ3v) is 3.96. The molecule has 1 nitrogen and oxygen atoms in total. The van der Waals surface area contributed by atoms with E-state index in [0.29, 0.717) is 10.6 Å². The Labute approximate surface area is 95.0 Å². The Bertz CT molecular complexity index is 299. The van der Waals surface area contributed by atoms with E-state index < -0.39 is 0 Å². The number of carbonyl (C=O) groups is 1. The van der Waals surface area contributed by atoms with E-state index in [1.165, 1.54) is 11.8 Å². The Kier molecular flexibility index (Phi) is 4.29. The molecule has 13 heavy (non-hydrogen) atoms. The zero-order valence-electron chi connectivity index (χ0n) is 6.96. The van der Waals surface area contributed by atoms with Gasteiger partial charge < -0.3 is 0 Å². The SMILES string of the molecule is CSC(Br)C(=O)c1ccc(Cl)cc1. The van der Waals surface area contributed by atoms with Crippen molar-refractivity contribution in [1.82, 2.24) is 0 Å². The molecule has 0 aliphatic carbocycles. The normalized spacial score (nSPS) is 12.5. The lowest BCUT2D eigenvalue weighted by atomic mass is 10.1. The van der Waals surface area contributed by atoms with Crippen LogP contribution >= 0.6 is 39.3 Å². The summed E-state index contributed by atoms with van der Waals surface area (Å²) in [5.74, 6) is 0.0733. The van der Waals surface area contributed by atoms with Crippen LogP contribution in [0.3, 0.4) is 0 Å². The van der Waals surface area contributed by atoms with Crippen molar-refractivity contribution in [3.8, 4) is 0 Å². The molecule has 4 heteroatoms. The van der Waals surface area contributed by atoms with Gasteiger partial charge in [0.1, 0.15) is 4.16 Å². The fraction of sp³-hybridized carbons (Fsp3) is 0.222. The number of thioether (sulfide) groups is 1. The van der Waals surface area contributed by atoms with Crippen molar-refractivity contribution in [3.05, 3.63) is 34.9 Å². The van der Waals surface area contributed by atoms with Gasteiger partial charge in [-0.15, -0.1) is 11.8 Å². The summed E-state index contributed by atoms with van der Waals surface area (Å²) in [5.41, 5.74) is 0.681. The first-order chi connectivity index (χ1) is 6.15. The van der Waals surface area contributed by atoms with Crippen LogP contribution in [0.25, 0.3) is 0 Å². The summed E-state index contributed by atoms with van der Waals surface area (Å²) in [7, 11) is 0. The fourth-order valence-corrected chi connectivity index (χ4v) is 1.59. The molecule has 1 rings (SSSR count). The van der Waals surface area contributed by atoms with E-state index in [0.717, 1.165) is 0 Å². The van der Waals surface area contributed by atoms with Crippen molar-refractivity contribution in [3.63, 3.8) is 0 Å². The molecule has 0 aliphatic rings. The van der Waals surface area contributed by atoms with Crippen LogP contribution in [0.4, 0.5) is 0 Å². The maximum atomic E-state index is 11.6. The molecule has 0 saturated heterocycles. The minimum Gasteiger partial charge on any atom is -0.292 e. The van der Waals surface area contributed by atoms with Crippen LogP contribution in [-0.2, 0) is 0 Å². The Morgan fingerprint density at radius 2 is 2.00 bits per heavy atom. The van der Waals surface area contributed by atoms with Gasteiger partial charge in [-0.2, -0.15) is 0 Å². The van der Waals surface area contributed by atoms with E-state index in [1.807, 2.05) is 6.26 Å². The van der Waals surface area contributed by atoms with Crippen LogP contribution in [0.15, 0.2) is 24.3 Å². The van der Waals surface area contributed by atoms with Gasteiger partial charge in [0.25, 0.3) is 0 Å². The first-order valence-corrected chi connectivity index (χ1v) is 6.20. The third-order valence-electron chi connectivity index (χ3n) is 1.54. The van der Waals surface area contributed by atoms with E-state index >= 15 is 0 Å². The van der Waals surface area contributed by atoms with Crippen molar-refractivity contribution in [2.75, 3.05) is 6.26 Å². The van der Waals surface area contributed by atoms with Gasteiger partial charge in [-0.3, -0.25) is 4.79 Å². The Morgan fingerprint density at radius 3 is 2.46 bits per heavy atom. The molecule has 0 fully saturated rings. The lowest BCUT2D eigenvalue weighted by Gasteiger charge is -2.04. The molecule has 0 heterocycles. The van der Waals surface area contributed by atoms with Gasteiger partial charge in [-0.1, -0.05) is 27.5 Å². The minimum absolute atomic E-state index is 0.0733. The molecule has 0 saturated carbocycles. The van der Waals surface area contributed by atoms with Gasteiger partial charge in [-0.05, 0) is 30.5 Å². The summed E-state index contributed by atoms with van der Waals surface area (Å²) in [5, 5.41) is 0.645. The monoisotopic (exact) mass is 278 g/mol. The molecule has 1 aromatic carbocycles. The number of halogens is 2. The van der Waals surface area contributed by atoms with Crippen LogP contribution < -0.4 is 0 Å². The summed E-state index contributed by atoms with van der Waals surface area (Å²) in [6, 6.07) is 6.90. The maximum absolute atomic E-state index is 11.6. The summed E-state index contributed by atoms with van der Waals surface area (Å²) in [4.78, 5) is 11.6. The predicted molar refractivity (Wildman–Crippen MR) is 62.0 cm³/mol. The Balaban J connectivity index is 2.83. The van der Waals surface area contributed by atoms with Crippen LogP contribution in [0.5, 0.6) is 0 Å². The molecule has 0 N–H and O–H groups in total. The van der Waals surface area contributed by atoms with Crippen molar-refractivity contribution >= 4 is 45.1 Å². The number of alkyl halides is 1. The second-order valence-electron chi connectivity index (χ2n) is 2.42. The Hall–Kier alpha value is 0.01000. The number of ketones is 1. The van der Waals surface area contributed by atoms with Crippen LogP contribution in [0.2, 0.25) is 5.02 Å². The summed E-state index contributed by atoms with van der Waals surface area (Å²) < 4.78 is -0.173. The quantitative estimate of drug-likeness (QED) is 0.621. The van der Waals surface area contributed by atoms with E-state index in [4.69, 9.17) is 11.6 Å². The van der Waals surface area contributed by atoms with Crippen LogP contribution in [0.1, 0.15) is 10.4 Å². The zero-order chi connectivity index (χ0) is 9.84. The molecule has 0 bridgehead atoms. The topological polar surface area (TPSA) is 17.1 Å². The van der Waals surface area contributed by atoms with Crippen molar-refractivity contribution < 1.29 is 4.79 Å². The summed E-state index contributed by atoms with van der Waals surface area (Å²) in [6.45, 7) is 0. The lowest BCUT2D eigenvalue weighted by Crippen LogP contribution is -2.09. The summed E-state index contributed by atoms with van der Waals surface area (Å²) in [6.07, 6.45) is 1.88. The molecule has 70 valence electrons. The van der Waals surface area contributed by atoms with E-state index in [9.17, 15) is 4.79 Å². The molecular weight excluding hydrogens is 272 g/mol. The second kappa shape index (κ2) is 5.03. The molecule has 0 aromatic heterocycles. The first kappa shape index (κ1) is 11.1. The highest BCUT2D eigenvalue weighted by atomic mass is 79.9. The van der Waals surface area contributed by atoms with Gasteiger partial charge in [0.05, 0.1) is 0 Å². The standard InChI is InChI=1S/C9H8BrClOS/c1-13-9(10)8(12)6-2-4-7(11)5-3-6/h2-5,9H,1H3. The average molecular weight is 280 g/mol. The molecule has 0 amide bonds. The highest BCUT2D eigenvalue weighted by Crippen LogP contribution is 2.20. The van der Waals surface area contributed by atoms with Crippen molar-refractivity contribution in [2.45, 2.75) is 4.16 Å². The van der Waals surface area contributed by atoms with E-state index in [1.54, 1.807) is 24.3 Å². The Morgan fingerprint density at radius 1 is 1.46 bits per heavy atom. The zero-order valence-corrected chi connectivity index (χ0v) is 10.1. The van der Waals surface area contributed by atoms with Gasteiger partial charge >= 0.3 is 0 Å². The molecular formula is C9H8BrClOS. The van der Waals surface area contributed by atoms with Gasteiger partial charge in [-0.25, -0.2) is 0 Å². The minimum atomic E-state index is -0.173. The van der Waals surface area contributed by atoms with E-state index in [-0.39, 0.29) is 9.94 Å². The van der Waals surface area contributed by atoms with Gasteiger partial charge in [0, 0.05) is 10.6 Å². The first-order valence-electron chi connectivity index (χ1n) is 3.62. The van der Waals surface area contributed by atoms with Gasteiger partial charge in [0.15, 0.2) is 5.78 Å².